The van der Waals surface area contributed by atoms with Crippen LogP contribution in [-0.2, 0) is 9.59 Å². The summed E-state index contributed by atoms with van der Waals surface area (Å²) in [6.45, 7) is 0.647. The number of benzene rings is 1. The number of rotatable bonds is 4. The Balaban J connectivity index is 1.98. The average Bonchev–Trinajstić information content (AvgIpc) is 2.42. The van der Waals surface area contributed by atoms with E-state index in [4.69, 9.17) is 23.2 Å². The first-order valence-corrected chi connectivity index (χ1v) is 7.44. The van der Waals surface area contributed by atoms with Gasteiger partial charge < -0.3 is 10.4 Å². The lowest BCUT2D eigenvalue weighted by Crippen LogP contribution is -2.47. The van der Waals surface area contributed by atoms with Gasteiger partial charge >= 0.3 is 5.97 Å². The molecule has 1 heterocycles. The number of amides is 1. The van der Waals surface area contributed by atoms with Gasteiger partial charge in [0.1, 0.15) is 6.04 Å². The summed E-state index contributed by atoms with van der Waals surface area (Å²) in [4.78, 5) is 24.9. The molecule has 1 unspecified atom stereocenters. The van der Waals surface area contributed by atoms with E-state index in [0.717, 1.165) is 12.8 Å². The van der Waals surface area contributed by atoms with Crippen molar-refractivity contribution in [1.82, 2.24) is 4.90 Å². The molecule has 0 radical (unpaired) electrons. The predicted octanol–water partition coefficient (Wildman–Crippen LogP) is 2.87. The Morgan fingerprint density at radius 3 is 2.76 bits per heavy atom. The third-order valence-corrected chi connectivity index (χ3v) is 4.00. The van der Waals surface area contributed by atoms with E-state index >= 15 is 0 Å². The molecule has 0 aliphatic carbocycles. The molecule has 1 fully saturated rings. The van der Waals surface area contributed by atoms with Crippen LogP contribution in [0.5, 0.6) is 0 Å². The number of halogens is 2. The fourth-order valence-corrected chi connectivity index (χ4v) is 2.88. The number of hydrogen-bond acceptors (Lipinski definition) is 3. The van der Waals surface area contributed by atoms with Crippen molar-refractivity contribution in [3.63, 3.8) is 0 Å². The molecule has 114 valence electrons. The molecule has 1 amide bonds. The van der Waals surface area contributed by atoms with Crippen molar-refractivity contribution in [2.24, 2.45) is 0 Å². The Labute approximate surface area is 132 Å². The summed E-state index contributed by atoms with van der Waals surface area (Å²) in [6.07, 6.45) is 2.35. The fourth-order valence-electron chi connectivity index (χ4n) is 2.42. The summed E-state index contributed by atoms with van der Waals surface area (Å²) < 4.78 is 0. The highest BCUT2D eigenvalue weighted by Gasteiger charge is 2.29. The average molecular weight is 331 g/mol. The molecule has 1 aromatic rings. The van der Waals surface area contributed by atoms with E-state index < -0.39 is 12.0 Å². The van der Waals surface area contributed by atoms with Crippen LogP contribution in [0.25, 0.3) is 0 Å². The molecule has 2 rings (SSSR count). The zero-order valence-electron chi connectivity index (χ0n) is 11.3. The molecular formula is C14H16Cl2N2O3. The van der Waals surface area contributed by atoms with Gasteiger partial charge in [-0.25, -0.2) is 0 Å². The van der Waals surface area contributed by atoms with Crippen molar-refractivity contribution < 1.29 is 14.7 Å². The van der Waals surface area contributed by atoms with Crippen LogP contribution in [0.1, 0.15) is 19.3 Å². The first kappa shape index (κ1) is 16.1. The number of anilines is 1. The third-order valence-electron chi connectivity index (χ3n) is 3.45. The van der Waals surface area contributed by atoms with Gasteiger partial charge in [0, 0.05) is 5.02 Å². The van der Waals surface area contributed by atoms with Gasteiger partial charge in [0.2, 0.25) is 5.91 Å². The van der Waals surface area contributed by atoms with Crippen LogP contribution in [0.15, 0.2) is 18.2 Å². The first-order chi connectivity index (χ1) is 9.97. The second-order valence-electron chi connectivity index (χ2n) is 4.99. The number of hydrogen-bond donors (Lipinski definition) is 2. The predicted molar refractivity (Wildman–Crippen MR) is 81.9 cm³/mol. The minimum atomic E-state index is -0.882. The third kappa shape index (κ3) is 4.33. The molecule has 1 saturated heterocycles. The number of carboxylic acid groups (broad SMARTS) is 1. The lowest BCUT2D eigenvalue weighted by Gasteiger charge is -2.32. The summed E-state index contributed by atoms with van der Waals surface area (Å²) in [7, 11) is 0. The van der Waals surface area contributed by atoms with Gasteiger partial charge in [-0.05, 0) is 37.6 Å². The number of carboxylic acids is 1. The maximum Gasteiger partial charge on any atom is 0.320 e. The second kappa shape index (κ2) is 7.11. The van der Waals surface area contributed by atoms with Crippen LogP contribution in [0.2, 0.25) is 10.0 Å². The van der Waals surface area contributed by atoms with Crippen molar-refractivity contribution in [3.8, 4) is 0 Å². The summed E-state index contributed by atoms with van der Waals surface area (Å²) in [5.41, 5.74) is 0.468. The smallest absolute Gasteiger partial charge is 0.320 e. The van der Waals surface area contributed by atoms with Gasteiger partial charge in [0.05, 0.1) is 17.3 Å². The van der Waals surface area contributed by atoms with Crippen molar-refractivity contribution in [3.05, 3.63) is 28.2 Å². The van der Waals surface area contributed by atoms with Crippen LogP contribution in [0.4, 0.5) is 5.69 Å². The van der Waals surface area contributed by atoms with Crippen molar-refractivity contribution >= 4 is 40.8 Å². The number of carbonyl (C=O) groups is 2. The minimum absolute atomic E-state index is 0.0376. The summed E-state index contributed by atoms with van der Waals surface area (Å²) >= 11 is 11.8. The molecule has 2 N–H and O–H groups in total. The van der Waals surface area contributed by atoms with Crippen LogP contribution >= 0.6 is 23.2 Å². The Bertz CT molecular complexity index is 551. The van der Waals surface area contributed by atoms with E-state index in [1.54, 1.807) is 23.1 Å². The van der Waals surface area contributed by atoms with Gasteiger partial charge in [-0.2, -0.15) is 0 Å². The lowest BCUT2D eigenvalue weighted by molar-refractivity contribution is -0.145. The van der Waals surface area contributed by atoms with Crippen molar-refractivity contribution in [2.45, 2.75) is 25.3 Å². The topological polar surface area (TPSA) is 69.6 Å². The quantitative estimate of drug-likeness (QED) is 0.890. The maximum atomic E-state index is 12.0. The van der Waals surface area contributed by atoms with E-state index in [9.17, 15) is 14.7 Å². The van der Waals surface area contributed by atoms with Crippen LogP contribution in [0, 0.1) is 0 Å². The van der Waals surface area contributed by atoms with Crippen molar-refractivity contribution in [2.75, 3.05) is 18.4 Å². The zero-order valence-corrected chi connectivity index (χ0v) is 12.8. The van der Waals surface area contributed by atoms with Crippen LogP contribution in [-0.4, -0.2) is 41.0 Å². The number of piperidine rings is 1. The number of nitrogens with zero attached hydrogens (tertiary/aromatic N) is 1. The normalized spacial score (nSPS) is 19.2. The van der Waals surface area contributed by atoms with Gasteiger partial charge in [-0.1, -0.05) is 29.6 Å². The number of nitrogens with one attached hydrogen (secondary N) is 1. The maximum absolute atomic E-state index is 12.0. The van der Waals surface area contributed by atoms with E-state index in [1.807, 2.05) is 0 Å². The first-order valence-electron chi connectivity index (χ1n) is 6.69. The SMILES string of the molecule is O=C(CN1CCCCC1C(=O)O)Nc1ccc(Cl)cc1Cl. The number of aliphatic carboxylic acids is 1. The molecule has 7 heteroatoms. The molecule has 0 saturated carbocycles. The molecule has 5 nitrogen and oxygen atoms in total. The summed E-state index contributed by atoms with van der Waals surface area (Å²) in [6, 6.07) is 4.20. The van der Waals surface area contributed by atoms with E-state index in [0.29, 0.717) is 28.7 Å². The molecule has 1 atom stereocenters. The van der Waals surface area contributed by atoms with Gasteiger partial charge in [-0.15, -0.1) is 0 Å². The number of likely N-dealkylation sites (tertiary alicyclic amines) is 1. The Morgan fingerprint density at radius 2 is 2.10 bits per heavy atom. The Kier molecular flexibility index (Phi) is 5.45. The standard InChI is InChI=1S/C14H16Cl2N2O3/c15-9-4-5-11(10(16)7-9)17-13(19)8-18-6-2-1-3-12(18)14(20)21/h4-5,7,12H,1-3,6,8H2,(H,17,19)(H,20,21). The highest BCUT2D eigenvalue weighted by molar-refractivity contribution is 6.36. The molecule has 0 bridgehead atoms. The van der Waals surface area contributed by atoms with Gasteiger partial charge in [0.25, 0.3) is 0 Å². The van der Waals surface area contributed by atoms with E-state index in [1.165, 1.54) is 0 Å². The van der Waals surface area contributed by atoms with Gasteiger partial charge in [-0.3, -0.25) is 14.5 Å². The molecule has 1 aromatic carbocycles. The molecule has 1 aliphatic rings. The van der Waals surface area contributed by atoms with Crippen LogP contribution in [0.3, 0.4) is 0 Å². The van der Waals surface area contributed by atoms with Crippen LogP contribution < -0.4 is 5.32 Å². The fraction of sp³-hybridized carbons (Fsp3) is 0.429. The highest BCUT2D eigenvalue weighted by Crippen LogP contribution is 2.25. The summed E-state index contributed by atoms with van der Waals surface area (Å²) in [5.74, 6) is -1.17. The minimum Gasteiger partial charge on any atom is -0.480 e. The molecule has 0 spiro atoms. The molecule has 0 aromatic heterocycles. The Morgan fingerprint density at radius 1 is 1.33 bits per heavy atom. The molecule has 1 aliphatic heterocycles. The molecular weight excluding hydrogens is 315 g/mol. The monoisotopic (exact) mass is 330 g/mol. The van der Waals surface area contributed by atoms with E-state index in [-0.39, 0.29) is 12.5 Å². The Hall–Kier alpha value is -1.30. The molecule has 21 heavy (non-hydrogen) atoms. The largest absolute Gasteiger partial charge is 0.480 e. The highest BCUT2D eigenvalue weighted by atomic mass is 35.5. The van der Waals surface area contributed by atoms with Crippen molar-refractivity contribution in [1.29, 1.82) is 0 Å². The second-order valence-corrected chi connectivity index (χ2v) is 5.84. The van der Waals surface area contributed by atoms with Gasteiger partial charge in [0.15, 0.2) is 0 Å². The lowest BCUT2D eigenvalue weighted by atomic mass is 10.0. The summed E-state index contributed by atoms with van der Waals surface area (Å²) in [5, 5.41) is 12.7. The zero-order chi connectivity index (χ0) is 15.4. The number of carbonyl (C=O) groups excluding carboxylic acids is 1. The van der Waals surface area contributed by atoms with E-state index in [2.05, 4.69) is 5.32 Å².